The van der Waals surface area contributed by atoms with Gasteiger partial charge in [-0.2, -0.15) is 0 Å². The van der Waals surface area contributed by atoms with Crippen molar-refractivity contribution in [3.05, 3.63) is 54.1 Å². The average molecular weight is 381 g/mol. The molecule has 4 N–H and O–H groups in total. The second kappa shape index (κ2) is 8.12. The molecule has 0 aliphatic carbocycles. The maximum atomic E-state index is 12.1. The van der Waals surface area contributed by atoms with Crippen molar-refractivity contribution in [3.63, 3.8) is 0 Å². The largest absolute Gasteiger partial charge is 0.491 e. The van der Waals surface area contributed by atoms with Crippen molar-refractivity contribution in [1.29, 1.82) is 5.41 Å². The lowest BCUT2D eigenvalue weighted by Crippen LogP contribution is -2.33. The van der Waals surface area contributed by atoms with Gasteiger partial charge in [-0.1, -0.05) is 36.4 Å². The van der Waals surface area contributed by atoms with Gasteiger partial charge in [0, 0.05) is 12.6 Å². The second-order valence-corrected chi connectivity index (χ2v) is 6.96. The number of amides is 1. The number of carbonyl (C=O) groups excluding carboxylic acids is 1. The molecule has 7 nitrogen and oxygen atoms in total. The van der Waals surface area contributed by atoms with E-state index in [1.807, 2.05) is 48.5 Å². The van der Waals surface area contributed by atoms with Gasteiger partial charge < -0.3 is 20.5 Å². The number of nitrogens with zero attached hydrogens (tertiary/aromatic N) is 1. The number of benzene rings is 2. The first kappa shape index (κ1) is 19.4. The van der Waals surface area contributed by atoms with E-state index in [1.54, 1.807) is 11.9 Å². The van der Waals surface area contributed by atoms with E-state index in [-0.39, 0.29) is 24.2 Å². The standard InChI is InChI=1S/C21H23N3O4/c1-24-17(10-16(21(24)27)11-19(25)26)12-28-18-8-6-14(7-9-18)13-2-4-15(5-3-13)20(22)23/h2-9,16-17H,10-12H2,1H3,(H3,22,23)(H,25,26)/t16-,17-/m0/s1. The number of nitrogen functional groups attached to an aromatic ring is 1. The Hall–Kier alpha value is -3.35. The summed E-state index contributed by atoms with van der Waals surface area (Å²) in [4.78, 5) is 24.6. The Labute approximate surface area is 163 Å². The zero-order valence-electron chi connectivity index (χ0n) is 15.6. The SMILES string of the molecule is CN1C(=O)[C@H](CC(=O)O)C[C@H]1COc1ccc(-c2ccc(C(=N)N)cc2)cc1. The number of aliphatic carboxylic acids is 1. The fourth-order valence-electron chi connectivity index (χ4n) is 3.39. The molecule has 7 heteroatoms. The molecule has 2 atom stereocenters. The van der Waals surface area contributed by atoms with Gasteiger partial charge in [-0.25, -0.2) is 0 Å². The van der Waals surface area contributed by atoms with Gasteiger partial charge in [-0.3, -0.25) is 15.0 Å². The lowest BCUT2D eigenvalue weighted by atomic mass is 10.0. The topological polar surface area (TPSA) is 117 Å². The molecule has 1 aliphatic rings. The number of carboxylic acids is 1. The predicted molar refractivity (Wildman–Crippen MR) is 105 cm³/mol. The Morgan fingerprint density at radius 3 is 2.29 bits per heavy atom. The Balaban J connectivity index is 1.59. The third-order valence-electron chi connectivity index (χ3n) is 5.05. The van der Waals surface area contributed by atoms with E-state index < -0.39 is 11.9 Å². The third kappa shape index (κ3) is 4.31. The average Bonchev–Trinajstić information content (AvgIpc) is 2.94. The van der Waals surface area contributed by atoms with Crippen LogP contribution in [0.3, 0.4) is 0 Å². The van der Waals surface area contributed by atoms with Crippen LogP contribution < -0.4 is 10.5 Å². The van der Waals surface area contributed by atoms with Crippen molar-refractivity contribution >= 4 is 17.7 Å². The summed E-state index contributed by atoms with van der Waals surface area (Å²) in [6, 6.07) is 14.9. The summed E-state index contributed by atoms with van der Waals surface area (Å²) in [6.07, 6.45) is 0.346. The molecule has 1 aliphatic heterocycles. The maximum Gasteiger partial charge on any atom is 0.304 e. The summed E-state index contributed by atoms with van der Waals surface area (Å²) < 4.78 is 5.82. The van der Waals surface area contributed by atoms with Crippen LogP contribution in [0.2, 0.25) is 0 Å². The number of likely N-dealkylation sites (tertiary alicyclic amines) is 1. The van der Waals surface area contributed by atoms with Crippen LogP contribution in [-0.4, -0.2) is 47.4 Å². The fraction of sp³-hybridized carbons (Fsp3) is 0.286. The van der Waals surface area contributed by atoms with Crippen LogP contribution >= 0.6 is 0 Å². The quantitative estimate of drug-likeness (QED) is 0.503. The van der Waals surface area contributed by atoms with Crippen molar-refractivity contribution in [3.8, 4) is 16.9 Å². The number of amidine groups is 1. The summed E-state index contributed by atoms with van der Waals surface area (Å²) >= 11 is 0. The highest BCUT2D eigenvalue weighted by Crippen LogP contribution is 2.27. The van der Waals surface area contributed by atoms with Gasteiger partial charge in [0.25, 0.3) is 0 Å². The minimum Gasteiger partial charge on any atom is -0.491 e. The van der Waals surface area contributed by atoms with E-state index in [2.05, 4.69) is 0 Å². The summed E-state index contributed by atoms with van der Waals surface area (Å²) in [5.41, 5.74) is 8.17. The zero-order chi connectivity index (χ0) is 20.3. The molecule has 146 valence electrons. The predicted octanol–water partition coefficient (Wildman–Crippen LogP) is 2.34. The monoisotopic (exact) mass is 381 g/mol. The zero-order valence-corrected chi connectivity index (χ0v) is 15.6. The van der Waals surface area contributed by atoms with Crippen molar-refractivity contribution in [1.82, 2.24) is 4.90 Å². The first-order valence-electron chi connectivity index (χ1n) is 9.01. The number of carboxylic acid groups (broad SMARTS) is 1. The Kier molecular flexibility index (Phi) is 5.63. The molecule has 1 fully saturated rings. The van der Waals surface area contributed by atoms with Crippen LogP contribution in [0.4, 0.5) is 0 Å². The van der Waals surface area contributed by atoms with Crippen LogP contribution in [-0.2, 0) is 9.59 Å². The number of likely N-dealkylation sites (N-methyl/N-ethyl adjacent to an activating group) is 1. The minimum absolute atomic E-state index is 0.0382. The Morgan fingerprint density at radius 2 is 1.75 bits per heavy atom. The molecule has 1 saturated heterocycles. The second-order valence-electron chi connectivity index (χ2n) is 6.96. The normalized spacial score (nSPS) is 18.9. The van der Waals surface area contributed by atoms with E-state index in [0.717, 1.165) is 11.1 Å². The Morgan fingerprint density at radius 1 is 1.18 bits per heavy atom. The van der Waals surface area contributed by atoms with Gasteiger partial charge in [-0.05, 0) is 29.7 Å². The molecule has 0 aromatic heterocycles. The van der Waals surface area contributed by atoms with E-state index in [9.17, 15) is 9.59 Å². The third-order valence-corrected chi connectivity index (χ3v) is 5.05. The molecular formula is C21H23N3O4. The first-order chi connectivity index (χ1) is 13.3. The molecule has 28 heavy (non-hydrogen) atoms. The van der Waals surface area contributed by atoms with Gasteiger partial charge in [0.05, 0.1) is 18.4 Å². The van der Waals surface area contributed by atoms with Crippen molar-refractivity contribution in [2.45, 2.75) is 18.9 Å². The lowest BCUT2D eigenvalue weighted by Gasteiger charge is -2.20. The van der Waals surface area contributed by atoms with Crippen molar-refractivity contribution < 1.29 is 19.4 Å². The summed E-state index contributed by atoms with van der Waals surface area (Å²) in [6.45, 7) is 0.324. The van der Waals surface area contributed by atoms with Crippen LogP contribution in [0.25, 0.3) is 11.1 Å². The number of nitrogens with one attached hydrogen (secondary N) is 1. The first-order valence-corrected chi connectivity index (χ1v) is 9.01. The van der Waals surface area contributed by atoms with Crippen LogP contribution in [0.1, 0.15) is 18.4 Å². The van der Waals surface area contributed by atoms with Gasteiger partial charge >= 0.3 is 5.97 Å². The van der Waals surface area contributed by atoms with Crippen LogP contribution in [0.5, 0.6) is 5.75 Å². The molecule has 0 saturated carbocycles. The number of nitrogens with two attached hydrogens (primary N) is 1. The molecule has 1 amide bonds. The minimum atomic E-state index is -0.958. The van der Waals surface area contributed by atoms with E-state index >= 15 is 0 Å². The van der Waals surface area contributed by atoms with Gasteiger partial charge in [0.1, 0.15) is 18.2 Å². The number of carbonyl (C=O) groups is 2. The molecular weight excluding hydrogens is 358 g/mol. The molecule has 0 spiro atoms. The summed E-state index contributed by atoms with van der Waals surface area (Å²) in [5.74, 6) is -0.847. The van der Waals surface area contributed by atoms with E-state index in [4.69, 9.17) is 21.0 Å². The summed E-state index contributed by atoms with van der Waals surface area (Å²) in [7, 11) is 1.69. The maximum absolute atomic E-state index is 12.1. The fourth-order valence-corrected chi connectivity index (χ4v) is 3.39. The highest BCUT2D eigenvalue weighted by atomic mass is 16.5. The molecule has 2 aromatic carbocycles. The van der Waals surface area contributed by atoms with Gasteiger partial charge in [0.15, 0.2) is 0 Å². The van der Waals surface area contributed by atoms with E-state index in [0.29, 0.717) is 24.3 Å². The van der Waals surface area contributed by atoms with Gasteiger partial charge in [0.2, 0.25) is 5.91 Å². The molecule has 2 aromatic rings. The van der Waals surface area contributed by atoms with Gasteiger partial charge in [-0.15, -0.1) is 0 Å². The highest BCUT2D eigenvalue weighted by Gasteiger charge is 2.38. The van der Waals surface area contributed by atoms with Crippen molar-refractivity contribution in [2.75, 3.05) is 13.7 Å². The smallest absolute Gasteiger partial charge is 0.304 e. The molecule has 1 heterocycles. The van der Waals surface area contributed by atoms with Crippen LogP contribution in [0, 0.1) is 11.3 Å². The number of hydrogen-bond donors (Lipinski definition) is 3. The van der Waals surface area contributed by atoms with Crippen LogP contribution in [0.15, 0.2) is 48.5 Å². The molecule has 0 unspecified atom stereocenters. The number of rotatable bonds is 7. The number of hydrogen-bond acceptors (Lipinski definition) is 4. The molecule has 3 rings (SSSR count). The number of ether oxygens (including phenoxy) is 1. The van der Waals surface area contributed by atoms with E-state index in [1.165, 1.54) is 0 Å². The Bertz CT molecular complexity index is 878. The summed E-state index contributed by atoms with van der Waals surface area (Å²) in [5, 5.41) is 16.4. The molecule has 0 bridgehead atoms. The molecule has 0 radical (unpaired) electrons. The van der Waals surface area contributed by atoms with Crippen molar-refractivity contribution in [2.24, 2.45) is 11.7 Å². The highest BCUT2D eigenvalue weighted by molar-refractivity contribution is 5.95. The lowest BCUT2D eigenvalue weighted by molar-refractivity contribution is -0.141.